The lowest BCUT2D eigenvalue weighted by atomic mass is 10.1. The van der Waals surface area contributed by atoms with Crippen LogP contribution in [0.3, 0.4) is 0 Å². The van der Waals surface area contributed by atoms with Crippen molar-refractivity contribution in [2.75, 3.05) is 19.7 Å². The monoisotopic (exact) mass is 290 g/mol. The molecular weight excluding hydrogens is 272 g/mol. The second-order valence-electron chi connectivity index (χ2n) is 5.11. The van der Waals surface area contributed by atoms with Crippen molar-refractivity contribution in [2.45, 2.75) is 25.5 Å². The zero-order valence-electron chi connectivity index (χ0n) is 11.9. The zero-order valence-corrected chi connectivity index (χ0v) is 11.9. The second kappa shape index (κ2) is 5.63. The number of piperazine rings is 1. The molecule has 1 aromatic rings. The van der Waals surface area contributed by atoms with Crippen LogP contribution in [0.2, 0.25) is 0 Å². The van der Waals surface area contributed by atoms with E-state index < -0.39 is 12.1 Å². The molecule has 0 aliphatic carbocycles. The van der Waals surface area contributed by atoms with E-state index in [4.69, 9.17) is 9.47 Å². The molecule has 2 amide bonds. The number of benzene rings is 1. The highest BCUT2D eigenvalue weighted by Crippen LogP contribution is 2.31. The number of amides is 2. The van der Waals surface area contributed by atoms with Crippen LogP contribution in [0, 0.1) is 0 Å². The van der Waals surface area contributed by atoms with E-state index in [1.807, 2.05) is 19.1 Å². The Hall–Kier alpha value is -2.24. The molecular formula is C15H18N2O4. The first-order valence-electron chi connectivity index (χ1n) is 7.17. The summed E-state index contributed by atoms with van der Waals surface area (Å²) >= 11 is 0. The van der Waals surface area contributed by atoms with Gasteiger partial charge in [-0.1, -0.05) is 19.1 Å². The van der Waals surface area contributed by atoms with Gasteiger partial charge in [0.2, 0.25) is 12.0 Å². The Bertz CT molecular complexity index is 560. The zero-order chi connectivity index (χ0) is 14.8. The largest absolute Gasteiger partial charge is 0.485 e. The van der Waals surface area contributed by atoms with Gasteiger partial charge in [-0.2, -0.15) is 0 Å². The maximum atomic E-state index is 12.6. The van der Waals surface area contributed by atoms with Gasteiger partial charge >= 0.3 is 0 Å². The van der Waals surface area contributed by atoms with Crippen LogP contribution in [0.4, 0.5) is 0 Å². The average Bonchev–Trinajstić information content (AvgIpc) is 2.53. The lowest BCUT2D eigenvalue weighted by Crippen LogP contribution is -2.60. The van der Waals surface area contributed by atoms with E-state index in [-0.39, 0.29) is 18.4 Å². The molecule has 2 aliphatic rings. The molecule has 2 heterocycles. The van der Waals surface area contributed by atoms with Crippen LogP contribution in [0.1, 0.15) is 13.3 Å². The van der Waals surface area contributed by atoms with Crippen LogP contribution in [0.25, 0.3) is 0 Å². The molecule has 3 rings (SSSR count). The van der Waals surface area contributed by atoms with Crippen molar-refractivity contribution in [1.82, 2.24) is 10.2 Å². The van der Waals surface area contributed by atoms with Crippen molar-refractivity contribution < 1.29 is 19.1 Å². The quantitative estimate of drug-likeness (QED) is 0.864. The van der Waals surface area contributed by atoms with E-state index in [1.54, 1.807) is 17.0 Å². The topological polar surface area (TPSA) is 67.9 Å². The van der Waals surface area contributed by atoms with Gasteiger partial charge in [0, 0.05) is 13.1 Å². The fourth-order valence-corrected chi connectivity index (χ4v) is 2.71. The van der Waals surface area contributed by atoms with Crippen LogP contribution in [0.15, 0.2) is 24.3 Å². The Balaban J connectivity index is 1.75. The van der Waals surface area contributed by atoms with Gasteiger partial charge in [0.1, 0.15) is 12.6 Å². The second-order valence-corrected chi connectivity index (χ2v) is 5.11. The molecule has 0 bridgehead atoms. The number of carbonyl (C=O) groups excluding carboxylic acids is 2. The minimum absolute atomic E-state index is 0.103. The number of nitrogens with one attached hydrogen (secondary N) is 1. The predicted molar refractivity (Wildman–Crippen MR) is 75.2 cm³/mol. The van der Waals surface area contributed by atoms with Crippen LogP contribution in [0.5, 0.6) is 11.5 Å². The van der Waals surface area contributed by atoms with Crippen LogP contribution in [-0.4, -0.2) is 48.6 Å². The van der Waals surface area contributed by atoms with Crippen molar-refractivity contribution in [3.63, 3.8) is 0 Å². The molecule has 0 spiro atoms. The number of rotatable bonds is 2. The Morgan fingerprint density at radius 2 is 2.14 bits per heavy atom. The first-order chi connectivity index (χ1) is 10.2. The fourth-order valence-electron chi connectivity index (χ4n) is 2.71. The Labute approximate surface area is 123 Å². The van der Waals surface area contributed by atoms with Crippen LogP contribution >= 0.6 is 0 Å². The molecule has 1 aromatic carbocycles. The smallest absolute Gasteiger partial charge is 0.268 e. The number of para-hydroxylation sites is 2. The summed E-state index contributed by atoms with van der Waals surface area (Å²) in [5, 5.41) is 2.78. The SMILES string of the molecule is CCC1C(=O)NCCN1C(=O)C1COc2ccccc2O1. The molecule has 6 nitrogen and oxygen atoms in total. The highest BCUT2D eigenvalue weighted by molar-refractivity contribution is 5.90. The van der Waals surface area contributed by atoms with E-state index in [2.05, 4.69) is 5.32 Å². The van der Waals surface area contributed by atoms with Gasteiger partial charge in [-0.3, -0.25) is 9.59 Å². The van der Waals surface area contributed by atoms with E-state index >= 15 is 0 Å². The lowest BCUT2D eigenvalue weighted by Gasteiger charge is -2.37. The molecule has 6 heteroatoms. The molecule has 1 fully saturated rings. The maximum absolute atomic E-state index is 12.6. The fraction of sp³-hybridized carbons (Fsp3) is 0.467. The molecule has 1 N–H and O–H groups in total. The molecule has 2 atom stereocenters. The van der Waals surface area contributed by atoms with Gasteiger partial charge in [-0.15, -0.1) is 0 Å². The van der Waals surface area contributed by atoms with Gasteiger partial charge in [0.05, 0.1) is 0 Å². The third kappa shape index (κ3) is 2.53. The molecule has 0 aromatic heterocycles. The van der Waals surface area contributed by atoms with Crippen LogP contribution in [-0.2, 0) is 9.59 Å². The van der Waals surface area contributed by atoms with Gasteiger partial charge < -0.3 is 19.7 Å². The third-order valence-electron chi connectivity index (χ3n) is 3.78. The Morgan fingerprint density at radius 1 is 1.38 bits per heavy atom. The van der Waals surface area contributed by atoms with Gasteiger partial charge in [-0.05, 0) is 18.6 Å². The number of nitrogens with zero attached hydrogens (tertiary/aromatic N) is 1. The van der Waals surface area contributed by atoms with E-state index in [0.717, 1.165) is 0 Å². The summed E-state index contributed by atoms with van der Waals surface area (Å²) in [6.45, 7) is 3.05. The van der Waals surface area contributed by atoms with Crippen LogP contribution < -0.4 is 14.8 Å². The number of ether oxygens (including phenoxy) is 2. The molecule has 0 saturated carbocycles. The maximum Gasteiger partial charge on any atom is 0.268 e. The third-order valence-corrected chi connectivity index (χ3v) is 3.78. The highest BCUT2D eigenvalue weighted by Gasteiger charge is 2.37. The van der Waals surface area contributed by atoms with E-state index in [9.17, 15) is 9.59 Å². The van der Waals surface area contributed by atoms with Gasteiger partial charge in [0.25, 0.3) is 5.91 Å². The molecule has 2 unspecified atom stereocenters. The summed E-state index contributed by atoms with van der Waals surface area (Å²) in [5.74, 6) is 0.919. The average molecular weight is 290 g/mol. The first kappa shape index (κ1) is 13.7. The normalized spacial score (nSPS) is 24.4. The van der Waals surface area contributed by atoms with Crippen molar-refractivity contribution in [3.8, 4) is 11.5 Å². The predicted octanol–water partition coefficient (Wildman–Crippen LogP) is 0.563. The van der Waals surface area contributed by atoms with Crippen molar-refractivity contribution in [1.29, 1.82) is 0 Å². The Morgan fingerprint density at radius 3 is 2.90 bits per heavy atom. The number of hydrogen-bond donors (Lipinski definition) is 1. The standard InChI is InChI=1S/C15H18N2O4/c1-2-10-14(18)16-7-8-17(10)15(19)13-9-20-11-5-3-4-6-12(11)21-13/h3-6,10,13H,2,7-9H2,1H3,(H,16,18). The lowest BCUT2D eigenvalue weighted by molar-refractivity contribution is -0.150. The number of fused-ring (bicyclic) bond motifs is 1. The van der Waals surface area contributed by atoms with Gasteiger partial charge in [0.15, 0.2) is 11.5 Å². The molecule has 0 radical (unpaired) electrons. The summed E-state index contributed by atoms with van der Waals surface area (Å²) in [7, 11) is 0. The van der Waals surface area contributed by atoms with Gasteiger partial charge in [-0.25, -0.2) is 0 Å². The molecule has 112 valence electrons. The van der Waals surface area contributed by atoms with Crippen molar-refractivity contribution in [2.24, 2.45) is 0 Å². The summed E-state index contributed by atoms with van der Waals surface area (Å²) in [4.78, 5) is 26.1. The van der Waals surface area contributed by atoms with E-state index in [0.29, 0.717) is 31.0 Å². The van der Waals surface area contributed by atoms with E-state index in [1.165, 1.54) is 0 Å². The van der Waals surface area contributed by atoms with Crippen molar-refractivity contribution >= 4 is 11.8 Å². The summed E-state index contributed by atoms with van der Waals surface area (Å²) in [6, 6.07) is 6.84. The first-order valence-corrected chi connectivity index (χ1v) is 7.17. The Kier molecular flexibility index (Phi) is 3.68. The summed E-state index contributed by atoms with van der Waals surface area (Å²) in [5.41, 5.74) is 0. The minimum atomic E-state index is -0.695. The number of carbonyl (C=O) groups is 2. The minimum Gasteiger partial charge on any atom is -0.485 e. The molecule has 1 saturated heterocycles. The summed E-state index contributed by atoms with van der Waals surface area (Å²) < 4.78 is 11.3. The molecule has 21 heavy (non-hydrogen) atoms. The highest BCUT2D eigenvalue weighted by atomic mass is 16.6. The van der Waals surface area contributed by atoms with Crippen molar-refractivity contribution in [3.05, 3.63) is 24.3 Å². The summed E-state index contributed by atoms with van der Waals surface area (Å²) in [6.07, 6.45) is -0.110. The molecule has 2 aliphatic heterocycles. The number of hydrogen-bond acceptors (Lipinski definition) is 4.